The average molecular weight is 235 g/mol. The molecule has 0 aliphatic heterocycles. The van der Waals surface area contributed by atoms with Crippen LogP contribution in [0.15, 0.2) is 22.3 Å². The molecule has 7 heteroatoms. The number of thiophene rings is 1. The van der Waals surface area contributed by atoms with Crippen molar-refractivity contribution in [2.45, 2.75) is 0 Å². The van der Waals surface area contributed by atoms with Crippen LogP contribution < -0.4 is 0 Å². The Hall–Kier alpha value is -2.15. The molecule has 2 N–H and O–H groups in total. The van der Waals surface area contributed by atoms with Gasteiger partial charge in [0.2, 0.25) is 5.69 Å². The Labute approximate surface area is 92.5 Å². The van der Waals surface area contributed by atoms with Crippen LogP contribution >= 0.6 is 11.3 Å². The number of aromatic amines is 1. The molecular weight excluding hydrogens is 230 g/mol. The number of carbonyl (C=O) groups is 1. The van der Waals surface area contributed by atoms with E-state index < -0.39 is 5.97 Å². The standard InChI is InChI=1S/C9H5N3O3S/c13-9(14)7-6(11-15-12-7)5-3-10-8-4(5)1-2-16-8/h1-3,10H,(H,13,14). The summed E-state index contributed by atoms with van der Waals surface area (Å²) in [6.07, 6.45) is 1.70. The van der Waals surface area contributed by atoms with Gasteiger partial charge in [-0.3, -0.25) is 0 Å². The van der Waals surface area contributed by atoms with Crippen molar-refractivity contribution in [3.05, 3.63) is 23.3 Å². The highest BCUT2D eigenvalue weighted by atomic mass is 32.1. The third-order valence-electron chi connectivity index (χ3n) is 2.25. The molecule has 0 aliphatic carbocycles. The molecule has 6 nitrogen and oxygen atoms in total. The highest BCUT2D eigenvalue weighted by molar-refractivity contribution is 7.16. The Morgan fingerprint density at radius 3 is 3.19 bits per heavy atom. The Balaban J connectivity index is 2.27. The van der Waals surface area contributed by atoms with Crippen LogP contribution in [0.1, 0.15) is 10.5 Å². The minimum Gasteiger partial charge on any atom is -0.476 e. The maximum atomic E-state index is 10.9. The average Bonchev–Trinajstić information content (AvgIpc) is 2.92. The maximum Gasteiger partial charge on any atom is 0.360 e. The summed E-state index contributed by atoms with van der Waals surface area (Å²) in [5.74, 6) is -1.15. The Morgan fingerprint density at radius 2 is 2.38 bits per heavy atom. The topological polar surface area (TPSA) is 92.0 Å². The largest absolute Gasteiger partial charge is 0.476 e. The first-order valence-corrected chi connectivity index (χ1v) is 5.26. The summed E-state index contributed by atoms with van der Waals surface area (Å²) in [6.45, 7) is 0. The Bertz CT molecular complexity index is 666. The molecule has 0 radical (unpaired) electrons. The summed E-state index contributed by atoms with van der Waals surface area (Å²) in [4.78, 5) is 14.9. The molecule has 80 valence electrons. The van der Waals surface area contributed by atoms with Crippen molar-refractivity contribution in [3.8, 4) is 11.3 Å². The molecule has 0 spiro atoms. The van der Waals surface area contributed by atoms with E-state index in [1.807, 2.05) is 11.4 Å². The van der Waals surface area contributed by atoms with Crippen LogP contribution in [0.5, 0.6) is 0 Å². The van der Waals surface area contributed by atoms with Crippen LogP contribution in [-0.2, 0) is 0 Å². The van der Waals surface area contributed by atoms with Crippen molar-refractivity contribution in [2.24, 2.45) is 0 Å². The molecule has 0 atom stereocenters. The summed E-state index contributed by atoms with van der Waals surface area (Å²) >= 11 is 1.54. The molecule has 0 bridgehead atoms. The third-order valence-corrected chi connectivity index (χ3v) is 3.09. The van der Waals surface area contributed by atoms with Gasteiger partial charge in [0.1, 0.15) is 4.83 Å². The second-order valence-electron chi connectivity index (χ2n) is 3.13. The fourth-order valence-corrected chi connectivity index (χ4v) is 2.32. The zero-order valence-electron chi connectivity index (χ0n) is 7.80. The van der Waals surface area contributed by atoms with E-state index in [0.29, 0.717) is 5.56 Å². The normalized spacial score (nSPS) is 11.0. The Kier molecular flexibility index (Phi) is 1.80. The van der Waals surface area contributed by atoms with Crippen molar-refractivity contribution in [3.63, 3.8) is 0 Å². The lowest BCUT2D eigenvalue weighted by molar-refractivity contribution is 0.0685. The van der Waals surface area contributed by atoms with Crippen molar-refractivity contribution < 1.29 is 14.5 Å². The van der Waals surface area contributed by atoms with E-state index in [4.69, 9.17) is 5.11 Å². The summed E-state index contributed by atoms with van der Waals surface area (Å²) in [5.41, 5.74) is 0.763. The number of nitrogens with zero attached hydrogens (tertiary/aromatic N) is 2. The maximum absolute atomic E-state index is 10.9. The number of carboxylic acid groups (broad SMARTS) is 1. The zero-order valence-corrected chi connectivity index (χ0v) is 8.61. The van der Waals surface area contributed by atoms with Gasteiger partial charge in [-0.2, -0.15) is 0 Å². The van der Waals surface area contributed by atoms with E-state index in [-0.39, 0.29) is 11.4 Å². The number of nitrogens with one attached hydrogen (secondary N) is 1. The molecule has 3 heterocycles. The van der Waals surface area contributed by atoms with Gasteiger partial charge < -0.3 is 10.1 Å². The fraction of sp³-hybridized carbons (Fsp3) is 0. The monoisotopic (exact) mass is 235 g/mol. The first kappa shape index (κ1) is 9.10. The van der Waals surface area contributed by atoms with Crippen LogP contribution in [0.3, 0.4) is 0 Å². The molecule has 0 saturated heterocycles. The predicted octanol–water partition coefficient (Wildman–Crippen LogP) is 1.98. The van der Waals surface area contributed by atoms with Gasteiger partial charge in [0, 0.05) is 17.1 Å². The molecule has 0 unspecified atom stereocenters. The van der Waals surface area contributed by atoms with Crippen LogP contribution in [0, 0.1) is 0 Å². The Morgan fingerprint density at radius 1 is 1.50 bits per heavy atom. The first-order chi connectivity index (χ1) is 7.77. The molecule has 0 aliphatic rings. The molecule has 0 saturated carbocycles. The summed E-state index contributed by atoms with van der Waals surface area (Å²) in [7, 11) is 0. The number of carboxylic acids is 1. The highest BCUT2D eigenvalue weighted by Crippen LogP contribution is 2.31. The second kappa shape index (κ2) is 3.17. The molecule has 0 amide bonds. The number of hydrogen-bond acceptors (Lipinski definition) is 5. The van der Waals surface area contributed by atoms with E-state index in [0.717, 1.165) is 10.2 Å². The third kappa shape index (κ3) is 1.15. The van der Waals surface area contributed by atoms with Gasteiger partial charge in [0.05, 0.1) is 0 Å². The lowest BCUT2D eigenvalue weighted by Crippen LogP contribution is -1.98. The smallest absolute Gasteiger partial charge is 0.360 e. The van der Waals surface area contributed by atoms with Crippen LogP contribution in [-0.4, -0.2) is 26.4 Å². The van der Waals surface area contributed by atoms with Crippen LogP contribution in [0.2, 0.25) is 0 Å². The first-order valence-electron chi connectivity index (χ1n) is 4.38. The van der Waals surface area contributed by atoms with Gasteiger partial charge in [-0.1, -0.05) is 0 Å². The van der Waals surface area contributed by atoms with Crippen molar-refractivity contribution in [2.75, 3.05) is 0 Å². The van der Waals surface area contributed by atoms with Crippen LogP contribution in [0.4, 0.5) is 0 Å². The lowest BCUT2D eigenvalue weighted by atomic mass is 10.1. The fourth-order valence-electron chi connectivity index (χ4n) is 1.55. The number of aromatic carboxylic acids is 1. The van der Waals surface area contributed by atoms with Gasteiger partial charge in [0.15, 0.2) is 5.69 Å². The zero-order chi connectivity index (χ0) is 11.1. The molecule has 3 aromatic heterocycles. The SMILES string of the molecule is O=C(O)c1nonc1-c1c[nH]c2sccc12. The van der Waals surface area contributed by atoms with Gasteiger partial charge >= 0.3 is 5.97 Å². The van der Waals surface area contributed by atoms with Gasteiger partial charge in [-0.15, -0.1) is 11.3 Å². The minimum absolute atomic E-state index is 0.174. The summed E-state index contributed by atoms with van der Waals surface area (Å²) in [5, 5.41) is 18.7. The summed E-state index contributed by atoms with van der Waals surface area (Å²) < 4.78 is 4.46. The molecule has 3 aromatic rings. The van der Waals surface area contributed by atoms with Gasteiger partial charge in [0.25, 0.3) is 0 Å². The number of hydrogen-bond donors (Lipinski definition) is 2. The van der Waals surface area contributed by atoms with E-state index in [1.54, 1.807) is 6.20 Å². The molecule has 16 heavy (non-hydrogen) atoms. The summed E-state index contributed by atoms with van der Waals surface area (Å²) in [6, 6.07) is 1.89. The van der Waals surface area contributed by atoms with Crippen molar-refractivity contribution in [1.29, 1.82) is 0 Å². The molecule has 0 fully saturated rings. The number of fused-ring (bicyclic) bond motifs is 1. The van der Waals surface area contributed by atoms with E-state index in [1.165, 1.54) is 11.3 Å². The van der Waals surface area contributed by atoms with Crippen molar-refractivity contribution in [1.82, 2.24) is 15.3 Å². The molecule has 3 rings (SSSR count). The minimum atomic E-state index is -1.15. The predicted molar refractivity (Wildman–Crippen MR) is 56.4 cm³/mol. The number of H-pyrrole nitrogens is 1. The van der Waals surface area contributed by atoms with E-state index >= 15 is 0 Å². The molecule has 0 aromatic carbocycles. The van der Waals surface area contributed by atoms with E-state index in [2.05, 4.69) is 19.9 Å². The number of aromatic nitrogens is 3. The van der Waals surface area contributed by atoms with E-state index in [9.17, 15) is 4.79 Å². The highest BCUT2D eigenvalue weighted by Gasteiger charge is 2.21. The van der Waals surface area contributed by atoms with Gasteiger partial charge in [-0.25, -0.2) is 9.42 Å². The molecular formula is C9H5N3O3S. The number of rotatable bonds is 2. The van der Waals surface area contributed by atoms with Crippen molar-refractivity contribution >= 4 is 27.5 Å². The lowest BCUT2D eigenvalue weighted by Gasteiger charge is -1.90. The quantitative estimate of drug-likeness (QED) is 0.708. The van der Waals surface area contributed by atoms with Gasteiger partial charge in [-0.05, 0) is 21.8 Å². The van der Waals surface area contributed by atoms with Crippen LogP contribution in [0.25, 0.3) is 21.5 Å². The second-order valence-corrected chi connectivity index (χ2v) is 4.05.